The average Bonchev–Trinajstić information content (AvgIpc) is 2.61. The largest absolute Gasteiger partial charge is 0.495 e. The molecule has 3 rings (SSSR count). The molecule has 1 heterocycles. The maximum absolute atomic E-state index is 13.4. The highest BCUT2D eigenvalue weighted by molar-refractivity contribution is 7.89. The molecule has 8 heteroatoms. The van der Waals surface area contributed by atoms with Gasteiger partial charge >= 0.3 is 0 Å². The number of sulfonamides is 1. The quantitative estimate of drug-likeness (QED) is 0.829. The Balaban J connectivity index is 0.00000243. The van der Waals surface area contributed by atoms with E-state index in [1.54, 1.807) is 18.2 Å². The van der Waals surface area contributed by atoms with Crippen LogP contribution in [-0.4, -0.2) is 39.5 Å². The number of methoxy groups -OCH3 is 1. The van der Waals surface area contributed by atoms with E-state index in [-0.39, 0.29) is 23.3 Å². The SMILES string of the molecule is COc1ccc(C)cc1S(=O)(=O)N1CCNCC1c1cccc(Cl)c1.Cl. The van der Waals surface area contributed by atoms with Crippen molar-refractivity contribution in [2.75, 3.05) is 26.7 Å². The van der Waals surface area contributed by atoms with E-state index in [4.69, 9.17) is 16.3 Å². The molecule has 5 nitrogen and oxygen atoms in total. The van der Waals surface area contributed by atoms with Crippen LogP contribution in [-0.2, 0) is 10.0 Å². The van der Waals surface area contributed by atoms with Crippen LogP contribution in [0.3, 0.4) is 0 Å². The molecule has 0 saturated carbocycles. The number of benzene rings is 2. The Hall–Kier alpha value is -1.31. The summed E-state index contributed by atoms with van der Waals surface area (Å²) in [5, 5.41) is 3.86. The van der Waals surface area contributed by atoms with Crippen molar-refractivity contribution in [2.24, 2.45) is 0 Å². The predicted molar refractivity (Wildman–Crippen MR) is 106 cm³/mol. The monoisotopic (exact) mass is 416 g/mol. The van der Waals surface area contributed by atoms with Gasteiger partial charge in [0.05, 0.1) is 13.2 Å². The second kappa shape index (κ2) is 8.59. The minimum atomic E-state index is -3.71. The Bertz CT molecular complexity index is 874. The van der Waals surface area contributed by atoms with Crippen LogP contribution in [0.5, 0.6) is 5.75 Å². The highest BCUT2D eigenvalue weighted by atomic mass is 35.5. The Morgan fingerprint density at radius 3 is 2.69 bits per heavy atom. The van der Waals surface area contributed by atoms with Gasteiger partial charge in [-0.3, -0.25) is 0 Å². The minimum absolute atomic E-state index is 0. The lowest BCUT2D eigenvalue weighted by atomic mass is 10.1. The van der Waals surface area contributed by atoms with Crippen molar-refractivity contribution in [1.29, 1.82) is 0 Å². The van der Waals surface area contributed by atoms with Gasteiger partial charge in [-0.25, -0.2) is 8.42 Å². The molecule has 2 aromatic carbocycles. The van der Waals surface area contributed by atoms with E-state index in [0.717, 1.165) is 11.1 Å². The lowest BCUT2D eigenvalue weighted by molar-refractivity contribution is 0.270. The number of hydrogen-bond donors (Lipinski definition) is 1. The van der Waals surface area contributed by atoms with E-state index in [2.05, 4.69) is 5.32 Å². The fourth-order valence-electron chi connectivity index (χ4n) is 3.08. The minimum Gasteiger partial charge on any atom is -0.495 e. The number of piperazine rings is 1. The molecular weight excluding hydrogens is 395 g/mol. The maximum atomic E-state index is 13.4. The fourth-order valence-corrected chi connectivity index (χ4v) is 5.14. The maximum Gasteiger partial charge on any atom is 0.247 e. The van der Waals surface area contributed by atoms with Gasteiger partial charge < -0.3 is 10.1 Å². The number of hydrogen-bond acceptors (Lipinski definition) is 4. The third kappa shape index (κ3) is 4.15. The standard InChI is InChI=1S/C18H21ClN2O3S.ClH/c1-13-6-7-17(24-2)18(10-13)25(22,23)21-9-8-20-12-16(21)14-4-3-5-15(19)11-14;/h3-7,10-11,16,20H,8-9,12H2,1-2H3;1H. The first-order chi connectivity index (χ1) is 11.9. The zero-order valence-electron chi connectivity index (χ0n) is 14.6. The van der Waals surface area contributed by atoms with Gasteiger partial charge in [0.1, 0.15) is 10.6 Å². The summed E-state index contributed by atoms with van der Waals surface area (Å²) in [6, 6.07) is 12.2. The summed E-state index contributed by atoms with van der Waals surface area (Å²) in [7, 11) is -2.23. The summed E-state index contributed by atoms with van der Waals surface area (Å²) < 4.78 is 33.6. The molecule has 0 aliphatic carbocycles. The number of nitrogens with one attached hydrogen (secondary N) is 1. The van der Waals surface area contributed by atoms with Crippen molar-refractivity contribution >= 4 is 34.0 Å². The summed E-state index contributed by atoms with van der Waals surface area (Å²) in [4.78, 5) is 0.198. The van der Waals surface area contributed by atoms with Crippen molar-refractivity contribution in [3.05, 3.63) is 58.6 Å². The van der Waals surface area contributed by atoms with Crippen LogP contribution in [0.1, 0.15) is 17.2 Å². The first-order valence-corrected chi connectivity index (χ1v) is 9.88. The molecule has 1 unspecified atom stereocenters. The van der Waals surface area contributed by atoms with Gasteiger partial charge in [0.25, 0.3) is 0 Å². The van der Waals surface area contributed by atoms with E-state index >= 15 is 0 Å². The van der Waals surface area contributed by atoms with Crippen LogP contribution in [0.25, 0.3) is 0 Å². The van der Waals surface area contributed by atoms with E-state index in [0.29, 0.717) is 30.4 Å². The van der Waals surface area contributed by atoms with Crippen molar-refractivity contribution < 1.29 is 13.2 Å². The van der Waals surface area contributed by atoms with Crippen molar-refractivity contribution in [3.63, 3.8) is 0 Å². The van der Waals surface area contributed by atoms with Gasteiger partial charge in [-0.2, -0.15) is 4.31 Å². The molecule has 2 aromatic rings. The summed E-state index contributed by atoms with van der Waals surface area (Å²) in [6.07, 6.45) is 0. The van der Waals surface area contributed by atoms with Crippen molar-refractivity contribution in [1.82, 2.24) is 9.62 Å². The van der Waals surface area contributed by atoms with Crippen LogP contribution in [0.2, 0.25) is 5.02 Å². The van der Waals surface area contributed by atoms with Crippen LogP contribution in [0, 0.1) is 6.92 Å². The lowest BCUT2D eigenvalue weighted by Crippen LogP contribution is -2.48. The van der Waals surface area contributed by atoms with E-state index in [1.807, 2.05) is 31.2 Å². The third-order valence-electron chi connectivity index (χ3n) is 4.33. The van der Waals surface area contributed by atoms with Gasteiger partial charge in [0.15, 0.2) is 0 Å². The van der Waals surface area contributed by atoms with Crippen LogP contribution >= 0.6 is 24.0 Å². The predicted octanol–water partition coefficient (Wildman–Crippen LogP) is 3.41. The topological polar surface area (TPSA) is 58.6 Å². The molecule has 1 saturated heterocycles. The number of halogens is 2. The first kappa shape index (κ1) is 21.0. The van der Waals surface area contributed by atoms with Crippen molar-refractivity contribution in [2.45, 2.75) is 17.9 Å². The smallest absolute Gasteiger partial charge is 0.247 e. The summed E-state index contributed by atoms with van der Waals surface area (Å²) in [6.45, 7) is 3.39. The normalized spacial score (nSPS) is 18.2. The van der Waals surface area contributed by atoms with Gasteiger partial charge in [-0.15, -0.1) is 12.4 Å². The number of rotatable bonds is 4. The Kier molecular flexibility index (Phi) is 6.93. The molecule has 1 N–H and O–H groups in total. The molecule has 0 radical (unpaired) electrons. The van der Waals surface area contributed by atoms with E-state index in [1.165, 1.54) is 11.4 Å². The Morgan fingerprint density at radius 2 is 2.00 bits per heavy atom. The average molecular weight is 417 g/mol. The summed E-state index contributed by atoms with van der Waals surface area (Å²) >= 11 is 6.10. The lowest BCUT2D eigenvalue weighted by Gasteiger charge is -2.35. The Morgan fingerprint density at radius 1 is 1.23 bits per heavy atom. The molecule has 1 fully saturated rings. The second-order valence-corrected chi connectivity index (χ2v) is 8.34. The fraction of sp³-hybridized carbons (Fsp3) is 0.333. The summed E-state index contributed by atoms with van der Waals surface area (Å²) in [5.41, 5.74) is 1.74. The molecule has 1 aliphatic rings. The second-order valence-electron chi connectivity index (χ2n) is 6.04. The number of ether oxygens (including phenoxy) is 1. The molecule has 1 aliphatic heterocycles. The van der Waals surface area contributed by atoms with E-state index < -0.39 is 10.0 Å². The van der Waals surface area contributed by atoms with Gasteiger partial charge in [-0.1, -0.05) is 29.8 Å². The van der Waals surface area contributed by atoms with Crippen LogP contribution in [0.4, 0.5) is 0 Å². The molecular formula is C18H22Cl2N2O3S. The molecule has 1 atom stereocenters. The highest BCUT2D eigenvalue weighted by Gasteiger charge is 2.36. The van der Waals surface area contributed by atoms with Crippen LogP contribution < -0.4 is 10.1 Å². The number of nitrogens with zero attached hydrogens (tertiary/aromatic N) is 1. The van der Waals surface area contributed by atoms with Gasteiger partial charge in [0, 0.05) is 24.7 Å². The molecule has 0 amide bonds. The number of aryl methyl sites for hydroxylation is 1. The molecule has 0 bridgehead atoms. The van der Waals surface area contributed by atoms with Crippen molar-refractivity contribution in [3.8, 4) is 5.75 Å². The van der Waals surface area contributed by atoms with Gasteiger partial charge in [-0.05, 0) is 42.3 Å². The molecule has 0 spiro atoms. The first-order valence-electron chi connectivity index (χ1n) is 8.06. The Labute approximate surface area is 165 Å². The third-order valence-corrected chi connectivity index (χ3v) is 6.50. The summed E-state index contributed by atoms with van der Waals surface area (Å²) in [5.74, 6) is 0.356. The zero-order valence-corrected chi connectivity index (χ0v) is 17.0. The van der Waals surface area contributed by atoms with Gasteiger partial charge in [0.2, 0.25) is 10.0 Å². The molecule has 142 valence electrons. The zero-order chi connectivity index (χ0) is 18.0. The van der Waals surface area contributed by atoms with E-state index in [9.17, 15) is 8.42 Å². The van der Waals surface area contributed by atoms with Crippen LogP contribution in [0.15, 0.2) is 47.4 Å². The molecule has 0 aromatic heterocycles. The highest BCUT2D eigenvalue weighted by Crippen LogP contribution is 2.34. The molecule has 26 heavy (non-hydrogen) atoms.